The normalized spacial score (nSPS) is 10.7. The second kappa shape index (κ2) is 5.84. The van der Waals surface area contributed by atoms with Gasteiger partial charge in [-0.05, 0) is 36.4 Å². The van der Waals surface area contributed by atoms with Gasteiger partial charge < -0.3 is 13.9 Å². The van der Waals surface area contributed by atoms with Gasteiger partial charge in [0.1, 0.15) is 0 Å². The Morgan fingerprint density at radius 2 is 2.00 bits per heavy atom. The molecule has 0 atom stereocenters. The highest BCUT2D eigenvalue weighted by Gasteiger charge is 2.11. The molecule has 6 nitrogen and oxygen atoms in total. The number of hydrogen-bond acceptors (Lipinski definition) is 6. The van der Waals surface area contributed by atoms with E-state index in [2.05, 4.69) is 10.2 Å². The van der Waals surface area contributed by atoms with Gasteiger partial charge in [0.25, 0.3) is 5.89 Å². The molecule has 2 aromatic heterocycles. The van der Waals surface area contributed by atoms with Gasteiger partial charge in [-0.25, -0.2) is 4.79 Å². The van der Waals surface area contributed by atoms with Crippen molar-refractivity contribution in [1.29, 1.82) is 0 Å². The Balaban J connectivity index is 1.64. The summed E-state index contributed by atoms with van der Waals surface area (Å²) in [6.45, 7) is 0. The molecule has 0 aliphatic heterocycles. The lowest BCUT2D eigenvalue weighted by atomic mass is 10.2. The molecule has 0 saturated heterocycles. The molecule has 0 radical (unpaired) electrons. The van der Waals surface area contributed by atoms with Crippen LogP contribution in [0.1, 0.15) is 16.2 Å². The molecule has 7 heteroatoms. The van der Waals surface area contributed by atoms with Crippen LogP contribution >= 0.6 is 11.8 Å². The van der Waals surface area contributed by atoms with Crippen LogP contribution in [-0.2, 0) is 5.75 Å². The summed E-state index contributed by atoms with van der Waals surface area (Å²) in [4.78, 5) is 11.7. The lowest BCUT2D eigenvalue weighted by Crippen LogP contribution is -1.94. The topological polar surface area (TPSA) is 89.4 Å². The van der Waals surface area contributed by atoms with Crippen molar-refractivity contribution in [3.8, 4) is 11.7 Å². The molecule has 3 aromatic rings. The number of aromatic carboxylic acids is 1. The van der Waals surface area contributed by atoms with Crippen molar-refractivity contribution in [3.63, 3.8) is 0 Å². The number of hydrogen-bond donors (Lipinski definition) is 1. The lowest BCUT2D eigenvalue weighted by Gasteiger charge is -1.99. The quantitative estimate of drug-likeness (QED) is 0.723. The van der Waals surface area contributed by atoms with Crippen LogP contribution in [0.4, 0.5) is 0 Å². The maximum Gasteiger partial charge on any atom is 0.335 e. The minimum atomic E-state index is -0.938. The van der Waals surface area contributed by atoms with Gasteiger partial charge in [-0.1, -0.05) is 0 Å². The van der Waals surface area contributed by atoms with Gasteiger partial charge in [-0.15, -0.1) is 22.0 Å². The summed E-state index contributed by atoms with van der Waals surface area (Å²) in [6, 6.07) is 10.1. The van der Waals surface area contributed by atoms with Crippen molar-refractivity contribution in [3.05, 3.63) is 54.1 Å². The second-order valence-electron chi connectivity index (χ2n) is 4.10. The van der Waals surface area contributed by atoms with E-state index in [4.69, 9.17) is 13.9 Å². The molecule has 1 N–H and O–H groups in total. The van der Waals surface area contributed by atoms with E-state index in [9.17, 15) is 4.79 Å². The Bertz CT molecular complexity index is 735. The van der Waals surface area contributed by atoms with E-state index in [1.165, 1.54) is 18.0 Å². The third kappa shape index (κ3) is 3.14. The van der Waals surface area contributed by atoms with Crippen LogP contribution in [0.3, 0.4) is 0 Å². The molecule has 2 heterocycles. The van der Waals surface area contributed by atoms with Crippen molar-refractivity contribution < 1.29 is 18.7 Å². The molecule has 0 unspecified atom stereocenters. The minimum Gasteiger partial charge on any atom is -0.478 e. The highest BCUT2D eigenvalue weighted by Crippen LogP contribution is 2.24. The van der Waals surface area contributed by atoms with Crippen LogP contribution in [-0.4, -0.2) is 21.3 Å². The Labute approximate surface area is 123 Å². The van der Waals surface area contributed by atoms with Gasteiger partial charge in [0.05, 0.1) is 17.6 Å². The molecule has 106 valence electrons. The number of rotatable bonds is 5. The SMILES string of the molecule is O=C(O)c1ccc(SCc2nnc(-c3ccco3)o2)cc1. The highest BCUT2D eigenvalue weighted by atomic mass is 32.2. The van der Waals surface area contributed by atoms with Crippen LogP contribution in [0.5, 0.6) is 0 Å². The van der Waals surface area contributed by atoms with E-state index >= 15 is 0 Å². The zero-order valence-electron chi connectivity index (χ0n) is 10.7. The molecular weight excluding hydrogens is 292 g/mol. The van der Waals surface area contributed by atoms with Crippen molar-refractivity contribution >= 4 is 17.7 Å². The third-order valence-electron chi connectivity index (χ3n) is 2.66. The van der Waals surface area contributed by atoms with E-state index < -0.39 is 5.97 Å². The van der Waals surface area contributed by atoms with Crippen molar-refractivity contribution in [2.45, 2.75) is 10.6 Å². The Hall–Kier alpha value is -2.54. The highest BCUT2D eigenvalue weighted by molar-refractivity contribution is 7.98. The van der Waals surface area contributed by atoms with Crippen molar-refractivity contribution in [2.75, 3.05) is 0 Å². The maximum atomic E-state index is 10.8. The van der Waals surface area contributed by atoms with Gasteiger partial charge in [0, 0.05) is 4.90 Å². The number of aromatic nitrogens is 2. The number of carbonyl (C=O) groups is 1. The van der Waals surface area contributed by atoms with Gasteiger partial charge in [0.2, 0.25) is 5.89 Å². The fourth-order valence-electron chi connectivity index (χ4n) is 1.65. The van der Waals surface area contributed by atoms with Gasteiger partial charge in [0.15, 0.2) is 5.76 Å². The van der Waals surface area contributed by atoms with Crippen LogP contribution < -0.4 is 0 Å². The van der Waals surface area contributed by atoms with Gasteiger partial charge in [-0.2, -0.15) is 0 Å². The molecule has 3 rings (SSSR count). The standard InChI is InChI=1S/C14H10N2O4S/c17-14(18)9-3-5-10(6-4-9)21-8-12-15-16-13(20-12)11-2-1-7-19-11/h1-7H,8H2,(H,17,18). The monoisotopic (exact) mass is 302 g/mol. The molecule has 0 amide bonds. The number of carboxylic acid groups (broad SMARTS) is 1. The summed E-state index contributed by atoms with van der Waals surface area (Å²) in [6.07, 6.45) is 1.54. The van der Waals surface area contributed by atoms with Crippen LogP contribution in [0.2, 0.25) is 0 Å². The average Bonchev–Trinajstić information content (AvgIpc) is 3.16. The summed E-state index contributed by atoms with van der Waals surface area (Å²) >= 11 is 1.48. The molecule has 0 bridgehead atoms. The van der Waals surface area contributed by atoms with Gasteiger partial charge in [-0.3, -0.25) is 0 Å². The summed E-state index contributed by atoms with van der Waals surface area (Å²) in [5, 5.41) is 16.7. The molecular formula is C14H10N2O4S. The predicted octanol–water partition coefficient (Wildman–Crippen LogP) is 3.32. The van der Waals surface area contributed by atoms with E-state index in [1.807, 2.05) is 0 Å². The maximum absolute atomic E-state index is 10.8. The number of furan rings is 1. The Kier molecular flexibility index (Phi) is 3.74. The molecule has 0 aliphatic rings. The van der Waals surface area contributed by atoms with E-state index in [-0.39, 0.29) is 5.56 Å². The van der Waals surface area contributed by atoms with Crippen LogP contribution in [0.15, 0.2) is 56.4 Å². The van der Waals surface area contributed by atoms with Crippen LogP contribution in [0.25, 0.3) is 11.7 Å². The summed E-state index contributed by atoms with van der Waals surface area (Å²) in [5.41, 5.74) is 0.261. The summed E-state index contributed by atoms with van der Waals surface area (Å²) in [7, 11) is 0. The molecule has 1 aromatic carbocycles. The van der Waals surface area contributed by atoms with Crippen LogP contribution in [0, 0.1) is 0 Å². The minimum absolute atomic E-state index is 0.261. The van der Waals surface area contributed by atoms with E-state index in [0.717, 1.165) is 4.90 Å². The first-order valence-electron chi connectivity index (χ1n) is 6.05. The van der Waals surface area contributed by atoms with Crippen molar-refractivity contribution in [2.24, 2.45) is 0 Å². The summed E-state index contributed by atoms with van der Waals surface area (Å²) < 4.78 is 10.7. The first-order chi connectivity index (χ1) is 10.2. The van der Waals surface area contributed by atoms with Gasteiger partial charge >= 0.3 is 5.97 Å². The molecule has 21 heavy (non-hydrogen) atoms. The smallest absolute Gasteiger partial charge is 0.335 e. The number of carboxylic acids is 1. The number of thioether (sulfide) groups is 1. The fourth-order valence-corrected chi connectivity index (χ4v) is 2.39. The molecule has 0 fully saturated rings. The first-order valence-corrected chi connectivity index (χ1v) is 7.03. The number of benzene rings is 1. The largest absolute Gasteiger partial charge is 0.478 e. The number of nitrogens with zero attached hydrogens (tertiary/aromatic N) is 2. The van der Waals surface area contributed by atoms with Crippen molar-refractivity contribution in [1.82, 2.24) is 10.2 Å². The second-order valence-corrected chi connectivity index (χ2v) is 5.15. The molecule has 0 aliphatic carbocycles. The molecule has 0 saturated carbocycles. The third-order valence-corrected chi connectivity index (χ3v) is 3.66. The first kappa shape index (κ1) is 13.4. The zero-order chi connectivity index (χ0) is 14.7. The summed E-state index contributed by atoms with van der Waals surface area (Å²) in [5.74, 6) is 0.918. The zero-order valence-corrected chi connectivity index (χ0v) is 11.5. The van der Waals surface area contributed by atoms with E-state index in [0.29, 0.717) is 23.3 Å². The predicted molar refractivity (Wildman–Crippen MR) is 75.0 cm³/mol. The Morgan fingerprint density at radius 3 is 2.67 bits per heavy atom. The fraction of sp³-hybridized carbons (Fsp3) is 0.0714. The average molecular weight is 302 g/mol. The lowest BCUT2D eigenvalue weighted by molar-refractivity contribution is 0.0697. The molecule has 0 spiro atoms. The van der Waals surface area contributed by atoms with E-state index in [1.54, 1.807) is 36.4 Å². The Morgan fingerprint density at radius 1 is 1.19 bits per heavy atom.